The van der Waals surface area contributed by atoms with Crippen LogP contribution in [-0.2, 0) is 25.7 Å². The highest BCUT2D eigenvalue weighted by Crippen LogP contribution is 2.38. The lowest BCUT2D eigenvalue weighted by Crippen LogP contribution is -2.44. The second-order valence-electron chi connectivity index (χ2n) is 8.77. The van der Waals surface area contributed by atoms with Crippen molar-refractivity contribution in [3.05, 3.63) is 42.0 Å². The molecular formula is C25H34N2O6S2. The number of ketones is 2. The number of carbonyl (C=O) groups is 4. The molecule has 2 rings (SSSR count). The minimum Gasteiger partial charge on any atom is -0.410 e. The topological polar surface area (TPSA) is 102 Å². The lowest BCUT2D eigenvalue weighted by molar-refractivity contribution is -0.130. The van der Waals surface area contributed by atoms with Crippen LogP contribution in [0.25, 0.3) is 0 Å². The average molecular weight is 523 g/mol. The van der Waals surface area contributed by atoms with Crippen molar-refractivity contribution < 1.29 is 28.7 Å². The van der Waals surface area contributed by atoms with E-state index in [9.17, 15) is 19.2 Å². The standard InChI is InChI=1S/C25H34N2O6S2/c1-5-6-13-27(24(31)33-19-9-7-18(8-10-19)17-32-4)14-15-34-35-25(2,3)16-22(30)26-23-20(28)11-12-21(23)29/h7-12,23H,5-6,13-17H2,1-4H3,(H,26,30). The van der Waals surface area contributed by atoms with Gasteiger partial charge in [-0.3, -0.25) is 14.4 Å². The highest BCUT2D eigenvalue weighted by atomic mass is 33.1. The molecule has 192 valence electrons. The lowest BCUT2D eigenvalue weighted by Gasteiger charge is -2.25. The molecule has 35 heavy (non-hydrogen) atoms. The van der Waals surface area contributed by atoms with Gasteiger partial charge in [-0.05, 0) is 50.1 Å². The number of unbranched alkanes of at least 4 members (excludes halogenated alkanes) is 1. The first kappa shape index (κ1) is 28.9. The molecule has 0 bridgehead atoms. The van der Waals surface area contributed by atoms with E-state index in [0.29, 0.717) is 31.2 Å². The predicted octanol–water partition coefficient (Wildman–Crippen LogP) is 4.18. The number of hydrogen-bond acceptors (Lipinski definition) is 8. The van der Waals surface area contributed by atoms with Crippen LogP contribution in [0.2, 0.25) is 0 Å². The van der Waals surface area contributed by atoms with Crippen LogP contribution in [0.15, 0.2) is 36.4 Å². The Balaban J connectivity index is 1.79. The van der Waals surface area contributed by atoms with Crippen LogP contribution in [0.1, 0.15) is 45.6 Å². The molecule has 1 aromatic rings. The highest BCUT2D eigenvalue weighted by Gasteiger charge is 2.31. The quantitative estimate of drug-likeness (QED) is 0.221. The second kappa shape index (κ2) is 14.3. The molecule has 8 nitrogen and oxygen atoms in total. The van der Waals surface area contributed by atoms with E-state index in [0.717, 1.165) is 18.4 Å². The molecule has 0 fully saturated rings. The van der Waals surface area contributed by atoms with Crippen molar-refractivity contribution in [1.29, 1.82) is 0 Å². The van der Waals surface area contributed by atoms with Gasteiger partial charge in [-0.25, -0.2) is 4.79 Å². The maximum Gasteiger partial charge on any atom is 0.415 e. The maximum atomic E-state index is 12.7. The van der Waals surface area contributed by atoms with Gasteiger partial charge in [0.15, 0.2) is 17.6 Å². The first-order valence-corrected chi connectivity index (χ1v) is 13.9. The third-order valence-electron chi connectivity index (χ3n) is 5.08. The molecule has 2 amide bonds. The summed E-state index contributed by atoms with van der Waals surface area (Å²) in [5.74, 6) is 0.00890. The molecule has 1 aliphatic carbocycles. The van der Waals surface area contributed by atoms with Crippen molar-refractivity contribution in [2.75, 3.05) is 26.0 Å². The Bertz CT molecular complexity index is 899. The van der Waals surface area contributed by atoms with Crippen molar-refractivity contribution >= 4 is 45.2 Å². The summed E-state index contributed by atoms with van der Waals surface area (Å²) in [6.45, 7) is 7.54. The molecule has 1 N–H and O–H groups in total. The third kappa shape index (κ3) is 10.1. The van der Waals surface area contributed by atoms with Crippen LogP contribution in [0.5, 0.6) is 5.75 Å². The molecule has 0 atom stereocenters. The molecule has 0 unspecified atom stereocenters. The lowest BCUT2D eigenvalue weighted by atomic mass is 10.1. The number of carbonyl (C=O) groups excluding carboxylic acids is 4. The first-order valence-electron chi connectivity index (χ1n) is 11.6. The fraction of sp³-hybridized carbons (Fsp3) is 0.520. The fourth-order valence-corrected chi connectivity index (χ4v) is 5.74. The number of ether oxygens (including phenoxy) is 2. The summed E-state index contributed by atoms with van der Waals surface area (Å²) in [4.78, 5) is 50.1. The molecular weight excluding hydrogens is 488 g/mol. The summed E-state index contributed by atoms with van der Waals surface area (Å²) in [6, 6.07) is 6.14. The van der Waals surface area contributed by atoms with Gasteiger partial charge in [-0.2, -0.15) is 0 Å². The monoisotopic (exact) mass is 522 g/mol. The van der Waals surface area contributed by atoms with Crippen LogP contribution in [0.4, 0.5) is 4.79 Å². The van der Waals surface area contributed by atoms with E-state index in [2.05, 4.69) is 12.2 Å². The Hall–Kier alpha value is -2.30. The number of nitrogens with one attached hydrogen (secondary N) is 1. The van der Waals surface area contributed by atoms with Gasteiger partial charge in [0.1, 0.15) is 5.75 Å². The van der Waals surface area contributed by atoms with E-state index in [1.807, 2.05) is 26.0 Å². The van der Waals surface area contributed by atoms with Gasteiger partial charge >= 0.3 is 6.09 Å². The average Bonchev–Trinajstić information content (AvgIpc) is 3.11. The largest absolute Gasteiger partial charge is 0.415 e. The molecule has 0 saturated heterocycles. The van der Waals surface area contributed by atoms with Crippen molar-refractivity contribution in [3.63, 3.8) is 0 Å². The van der Waals surface area contributed by atoms with Crippen molar-refractivity contribution in [3.8, 4) is 5.75 Å². The Morgan fingerprint density at radius 3 is 2.34 bits per heavy atom. The number of hydrogen-bond donors (Lipinski definition) is 1. The summed E-state index contributed by atoms with van der Waals surface area (Å²) in [5, 5.41) is 2.52. The number of rotatable bonds is 14. The first-order chi connectivity index (χ1) is 16.6. The van der Waals surface area contributed by atoms with Crippen LogP contribution in [-0.4, -0.2) is 65.2 Å². The Morgan fingerprint density at radius 2 is 1.74 bits per heavy atom. The Morgan fingerprint density at radius 1 is 1.09 bits per heavy atom. The number of amides is 2. The van der Waals surface area contributed by atoms with Gasteiger partial charge in [-0.15, -0.1) is 0 Å². The summed E-state index contributed by atoms with van der Waals surface area (Å²) in [5.41, 5.74) is 0.998. The van der Waals surface area contributed by atoms with Crippen LogP contribution in [0.3, 0.4) is 0 Å². The molecule has 0 aliphatic heterocycles. The van der Waals surface area contributed by atoms with Gasteiger partial charge in [0.05, 0.1) is 6.61 Å². The Kier molecular flexibility index (Phi) is 11.8. The van der Waals surface area contributed by atoms with Crippen LogP contribution in [0, 0.1) is 0 Å². The van der Waals surface area contributed by atoms with Crippen molar-refractivity contribution in [1.82, 2.24) is 10.2 Å². The van der Waals surface area contributed by atoms with E-state index in [1.54, 1.807) is 34.9 Å². The molecule has 1 aliphatic rings. The molecule has 0 radical (unpaired) electrons. The zero-order valence-corrected chi connectivity index (χ0v) is 22.3. The summed E-state index contributed by atoms with van der Waals surface area (Å²) in [6.07, 6.45) is 3.98. The van der Waals surface area contributed by atoms with Crippen LogP contribution >= 0.6 is 21.6 Å². The summed E-state index contributed by atoms with van der Waals surface area (Å²) >= 11 is 0. The molecule has 0 heterocycles. The SMILES string of the molecule is CCCCN(CCSSC(C)(C)CC(=O)NC1C(=O)C=CC1=O)C(=O)Oc1ccc(COC)cc1. The number of methoxy groups -OCH3 is 1. The van der Waals surface area contributed by atoms with E-state index in [1.165, 1.54) is 22.9 Å². The molecule has 1 aromatic carbocycles. The van der Waals surface area contributed by atoms with E-state index in [4.69, 9.17) is 9.47 Å². The van der Waals surface area contributed by atoms with Gasteiger partial charge in [0.25, 0.3) is 0 Å². The van der Waals surface area contributed by atoms with E-state index in [-0.39, 0.29) is 18.4 Å². The predicted molar refractivity (Wildman–Crippen MR) is 139 cm³/mol. The highest BCUT2D eigenvalue weighted by molar-refractivity contribution is 8.77. The number of nitrogens with zero attached hydrogens (tertiary/aromatic N) is 1. The third-order valence-corrected chi connectivity index (χ3v) is 8.35. The molecule has 0 spiro atoms. The minimum atomic E-state index is -1.09. The summed E-state index contributed by atoms with van der Waals surface area (Å²) in [7, 11) is 4.73. The van der Waals surface area contributed by atoms with E-state index >= 15 is 0 Å². The smallest absolute Gasteiger partial charge is 0.410 e. The van der Waals surface area contributed by atoms with Crippen molar-refractivity contribution in [2.45, 2.75) is 57.4 Å². The molecule has 0 saturated carbocycles. The van der Waals surface area contributed by atoms with Gasteiger partial charge in [-0.1, -0.05) is 47.1 Å². The Labute approximate surface area is 214 Å². The van der Waals surface area contributed by atoms with Gasteiger partial charge in [0.2, 0.25) is 5.91 Å². The molecule has 0 aromatic heterocycles. The minimum absolute atomic E-state index is 0.155. The fourth-order valence-electron chi connectivity index (χ4n) is 3.25. The van der Waals surface area contributed by atoms with Gasteiger partial charge < -0.3 is 19.7 Å². The number of benzene rings is 1. The normalized spacial score (nSPS) is 13.8. The summed E-state index contributed by atoms with van der Waals surface area (Å²) < 4.78 is 10.2. The van der Waals surface area contributed by atoms with Crippen molar-refractivity contribution in [2.24, 2.45) is 0 Å². The molecule has 10 heteroatoms. The van der Waals surface area contributed by atoms with Crippen LogP contribution < -0.4 is 10.1 Å². The maximum absolute atomic E-state index is 12.7. The second-order valence-corrected chi connectivity index (χ2v) is 11.9. The van der Waals surface area contributed by atoms with E-state index < -0.39 is 22.4 Å². The van der Waals surface area contributed by atoms with Gasteiger partial charge in [0, 0.05) is 37.1 Å². The zero-order chi connectivity index (χ0) is 25.8. The zero-order valence-electron chi connectivity index (χ0n) is 20.7.